The minimum atomic E-state index is 0.675. The Kier molecular flexibility index (Phi) is 3.98. The number of hydrogen-bond donors (Lipinski definition) is 0. The van der Waals surface area contributed by atoms with Crippen LogP contribution in [0.3, 0.4) is 0 Å². The third kappa shape index (κ3) is 2.73. The Labute approximate surface area is 75.2 Å². The highest BCUT2D eigenvalue weighted by Gasteiger charge is 2.18. The van der Waals surface area contributed by atoms with Crippen LogP contribution >= 0.6 is 0 Å². The molecule has 0 aromatic rings. The molecule has 1 saturated heterocycles. The van der Waals surface area contributed by atoms with Crippen molar-refractivity contribution in [1.29, 1.82) is 0 Å². The highest BCUT2D eigenvalue weighted by Crippen LogP contribution is 2.05. The van der Waals surface area contributed by atoms with Crippen LogP contribution in [0.4, 0.5) is 0 Å². The van der Waals surface area contributed by atoms with Crippen molar-refractivity contribution in [2.75, 3.05) is 32.8 Å². The minimum Gasteiger partial charge on any atom is -0.299 e. The molecule has 1 fully saturated rings. The van der Waals surface area contributed by atoms with Gasteiger partial charge in [0, 0.05) is 32.2 Å². The third-order valence-electron chi connectivity index (χ3n) is 2.32. The predicted molar refractivity (Wildman–Crippen MR) is 49.9 cm³/mol. The zero-order chi connectivity index (χ0) is 8.97. The van der Waals surface area contributed by atoms with E-state index in [1.54, 1.807) is 0 Å². The summed E-state index contributed by atoms with van der Waals surface area (Å²) in [6.45, 7) is 11.7. The van der Waals surface area contributed by atoms with Crippen LogP contribution in [-0.4, -0.2) is 48.8 Å². The maximum absolute atomic E-state index is 5.42. The van der Waals surface area contributed by atoms with Gasteiger partial charge in [0.25, 0.3) is 0 Å². The van der Waals surface area contributed by atoms with E-state index in [0.29, 0.717) is 6.04 Å². The van der Waals surface area contributed by atoms with Gasteiger partial charge in [-0.05, 0) is 20.8 Å². The lowest BCUT2D eigenvalue weighted by Crippen LogP contribution is -2.48. The summed E-state index contributed by atoms with van der Waals surface area (Å²) in [4.78, 5) is 7.90. The zero-order valence-electron chi connectivity index (χ0n) is 8.42. The topological polar surface area (TPSA) is 15.7 Å². The van der Waals surface area contributed by atoms with Gasteiger partial charge in [-0.25, -0.2) is 0 Å². The zero-order valence-corrected chi connectivity index (χ0v) is 8.42. The van der Waals surface area contributed by atoms with Gasteiger partial charge in [-0.3, -0.25) is 9.74 Å². The molecule has 1 aliphatic rings. The second-order valence-corrected chi connectivity index (χ2v) is 3.48. The summed E-state index contributed by atoms with van der Waals surface area (Å²) in [5.74, 6) is 0. The summed E-state index contributed by atoms with van der Waals surface area (Å²) >= 11 is 0. The molecule has 0 amide bonds. The standard InChI is InChI=1S/C9H20N2O/c1-4-12-11-7-5-10(6-8-11)9(2)3/h9H,4-8H2,1-3H3. The van der Waals surface area contributed by atoms with Crippen LogP contribution in [0.25, 0.3) is 0 Å². The monoisotopic (exact) mass is 172 g/mol. The van der Waals surface area contributed by atoms with Crippen molar-refractivity contribution in [1.82, 2.24) is 9.96 Å². The summed E-state index contributed by atoms with van der Waals surface area (Å²) in [6.07, 6.45) is 0. The maximum atomic E-state index is 5.42. The minimum absolute atomic E-state index is 0.675. The van der Waals surface area contributed by atoms with Gasteiger partial charge in [-0.1, -0.05) is 0 Å². The number of nitrogens with zero attached hydrogens (tertiary/aromatic N) is 2. The van der Waals surface area contributed by atoms with Gasteiger partial charge in [0.2, 0.25) is 0 Å². The molecule has 72 valence electrons. The molecule has 0 aromatic carbocycles. The first-order valence-electron chi connectivity index (χ1n) is 4.86. The van der Waals surface area contributed by atoms with Crippen molar-refractivity contribution in [3.8, 4) is 0 Å². The van der Waals surface area contributed by atoms with Gasteiger partial charge < -0.3 is 0 Å². The molecule has 0 spiro atoms. The van der Waals surface area contributed by atoms with E-state index in [1.807, 2.05) is 6.92 Å². The van der Waals surface area contributed by atoms with E-state index in [-0.39, 0.29) is 0 Å². The summed E-state index contributed by atoms with van der Waals surface area (Å²) in [6, 6.07) is 0.675. The van der Waals surface area contributed by atoms with Crippen molar-refractivity contribution >= 4 is 0 Å². The van der Waals surface area contributed by atoms with E-state index in [4.69, 9.17) is 4.84 Å². The van der Waals surface area contributed by atoms with E-state index < -0.39 is 0 Å². The Bertz CT molecular complexity index is 120. The van der Waals surface area contributed by atoms with Gasteiger partial charge in [0.1, 0.15) is 0 Å². The first-order chi connectivity index (χ1) is 5.74. The van der Waals surface area contributed by atoms with Crippen LogP contribution in [0.5, 0.6) is 0 Å². The first kappa shape index (κ1) is 9.96. The van der Waals surface area contributed by atoms with Crippen molar-refractivity contribution < 1.29 is 4.84 Å². The summed E-state index contributed by atoms with van der Waals surface area (Å²) in [5.41, 5.74) is 0. The molecule has 12 heavy (non-hydrogen) atoms. The van der Waals surface area contributed by atoms with Crippen molar-refractivity contribution in [2.24, 2.45) is 0 Å². The normalized spacial score (nSPS) is 22.0. The molecule has 0 radical (unpaired) electrons. The Balaban J connectivity index is 2.20. The molecule has 0 saturated carbocycles. The van der Waals surface area contributed by atoms with Crippen molar-refractivity contribution in [3.63, 3.8) is 0 Å². The van der Waals surface area contributed by atoms with Crippen LogP contribution in [-0.2, 0) is 4.84 Å². The molecule has 0 N–H and O–H groups in total. The van der Waals surface area contributed by atoms with Crippen LogP contribution in [0, 0.1) is 0 Å². The number of hydroxylamine groups is 2. The first-order valence-corrected chi connectivity index (χ1v) is 4.86. The van der Waals surface area contributed by atoms with Gasteiger partial charge in [-0.15, -0.1) is 0 Å². The fourth-order valence-corrected chi connectivity index (χ4v) is 1.53. The average molecular weight is 172 g/mol. The molecule has 0 aromatic heterocycles. The van der Waals surface area contributed by atoms with Gasteiger partial charge in [-0.2, -0.15) is 5.06 Å². The molecule has 3 nitrogen and oxygen atoms in total. The molecule has 0 unspecified atom stereocenters. The molecular formula is C9H20N2O. The SMILES string of the molecule is CCON1CCN(C(C)C)CC1. The number of piperazine rings is 1. The third-order valence-corrected chi connectivity index (χ3v) is 2.32. The predicted octanol–water partition coefficient (Wildman–Crippen LogP) is 0.964. The lowest BCUT2D eigenvalue weighted by Gasteiger charge is -2.35. The largest absolute Gasteiger partial charge is 0.299 e. The van der Waals surface area contributed by atoms with Crippen LogP contribution in [0.15, 0.2) is 0 Å². The Morgan fingerprint density at radius 3 is 2.17 bits per heavy atom. The number of hydrogen-bond acceptors (Lipinski definition) is 3. The fourth-order valence-electron chi connectivity index (χ4n) is 1.53. The molecular weight excluding hydrogens is 152 g/mol. The fraction of sp³-hybridized carbons (Fsp3) is 1.00. The van der Waals surface area contributed by atoms with Gasteiger partial charge in [0.15, 0.2) is 0 Å². The lowest BCUT2D eigenvalue weighted by atomic mass is 10.3. The number of rotatable bonds is 3. The molecule has 0 aliphatic carbocycles. The highest BCUT2D eigenvalue weighted by atomic mass is 16.7. The Hall–Kier alpha value is -0.120. The molecule has 3 heteroatoms. The molecule has 1 rings (SSSR count). The molecule has 1 heterocycles. The van der Waals surface area contributed by atoms with Gasteiger partial charge >= 0.3 is 0 Å². The molecule has 0 atom stereocenters. The second-order valence-electron chi connectivity index (χ2n) is 3.48. The van der Waals surface area contributed by atoms with Crippen LogP contribution in [0.2, 0.25) is 0 Å². The van der Waals surface area contributed by atoms with E-state index >= 15 is 0 Å². The Morgan fingerprint density at radius 1 is 1.17 bits per heavy atom. The Morgan fingerprint density at radius 2 is 1.75 bits per heavy atom. The van der Waals surface area contributed by atoms with E-state index in [2.05, 4.69) is 23.8 Å². The smallest absolute Gasteiger partial charge is 0.0656 e. The van der Waals surface area contributed by atoms with Gasteiger partial charge in [0.05, 0.1) is 6.61 Å². The highest BCUT2D eigenvalue weighted by molar-refractivity contribution is 4.70. The van der Waals surface area contributed by atoms with Crippen molar-refractivity contribution in [2.45, 2.75) is 26.8 Å². The molecule has 1 aliphatic heterocycles. The van der Waals surface area contributed by atoms with Crippen LogP contribution in [0.1, 0.15) is 20.8 Å². The molecule has 0 bridgehead atoms. The summed E-state index contributed by atoms with van der Waals surface area (Å²) in [5, 5.41) is 2.07. The quantitative estimate of drug-likeness (QED) is 0.630. The van der Waals surface area contributed by atoms with Crippen molar-refractivity contribution in [3.05, 3.63) is 0 Å². The van der Waals surface area contributed by atoms with Crippen LogP contribution < -0.4 is 0 Å². The van der Waals surface area contributed by atoms with E-state index in [9.17, 15) is 0 Å². The summed E-state index contributed by atoms with van der Waals surface area (Å²) < 4.78 is 0. The second kappa shape index (κ2) is 4.80. The van der Waals surface area contributed by atoms with E-state index in [0.717, 1.165) is 32.8 Å². The van der Waals surface area contributed by atoms with E-state index in [1.165, 1.54) is 0 Å². The average Bonchev–Trinajstić information content (AvgIpc) is 2.06. The maximum Gasteiger partial charge on any atom is 0.0656 e. The summed E-state index contributed by atoms with van der Waals surface area (Å²) in [7, 11) is 0. The lowest BCUT2D eigenvalue weighted by molar-refractivity contribution is -0.174.